The highest BCUT2D eigenvalue weighted by molar-refractivity contribution is 5.74. The van der Waals surface area contributed by atoms with Crippen molar-refractivity contribution in [3.8, 4) is 0 Å². The molecule has 2 rings (SSSR count). The van der Waals surface area contributed by atoms with Gasteiger partial charge in [-0.2, -0.15) is 0 Å². The number of hydrogen-bond acceptors (Lipinski definition) is 4. The summed E-state index contributed by atoms with van der Waals surface area (Å²) >= 11 is 0. The molecule has 0 spiro atoms. The molecule has 0 aliphatic heterocycles. The minimum Gasteiger partial charge on any atom is -0.391 e. The maximum absolute atomic E-state index is 10.5. The van der Waals surface area contributed by atoms with Gasteiger partial charge in [0.05, 0.1) is 12.1 Å². The molecule has 1 fully saturated rings. The van der Waals surface area contributed by atoms with Crippen molar-refractivity contribution in [2.24, 2.45) is 0 Å². The topological polar surface area (TPSA) is 53.4 Å². The summed E-state index contributed by atoms with van der Waals surface area (Å²) in [5.41, 5.74) is 0.575. The first-order valence-electron chi connectivity index (χ1n) is 6.04. The number of aliphatic hydroxyl groups excluding tert-OH is 1. The van der Waals surface area contributed by atoms with Crippen molar-refractivity contribution in [1.82, 2.24) is 4.98 Å². The van der Waals surface area contributed by atoms with E-state index in [1.54, 1.807) is 12.3 Å². The Morgan fingerprint density at radius 3 is 2.76 bits per heavy atom. The Bertz CT molecular complexity index is 378. The lowest BCUT2D eigenvalue weighted by atomic mass is 9.91. The number of aldehydes is 1. The molecule has 1 heterocycles. The first kappa shape index (κ1) is 12.0. The Labute approximate surface area is 101 Å². The Morgan fingerprint density at radius 1 is 1.41 bits per heavy atom. The molecule has 0 aromatic carbocycles. The molecule has 1 aliphatic rings. The van der Waals surface area contributed by atoms with Crippen LogP contribution in [-0.4, -0.2) is 35.6 Å². The minimum atomic E-state index is -0.277. The second-order valence-corrected chi connectivity index (χ2v) is 4.60. The summed E-state index contributed by atoms with van der Waals surface area (Å²) in [5, 5.41) is 9.98. The number of carbonyl (C=O) groups excluding carboxylic acids is 1. The molecule has 92 valence electrons. The third kappa shape index (κ3) is 2.64. The van der Waals surface area contributed by atoms with E-state index in [0.29, 0.717) is 5.56 Å². The number of carbonyl (C=O) groups is 1. The largest absolute Gasteiger partial charge is 0.391 e. The molecule has 0 saturated heterocycles. The zero-order valence-corrected chi connectivity index (χ0v) is 10.0. The van der Waals surface area contributed by atoms with Crippen molar-refractivity contribution in [3.05, 3.63) is 23.9 Å². The van der Waals surface area contributed by atoms with Crippen LogP contribution in [0.4, 0.5) is 5.82 Å². The summed E-state index contributed by atoms with van der Waals surface area (Å²) in [7, 11) is 1.95. The van der Waals surface area contributed by atoms with E-state index in [2.05, 4.69) is 4.98 Å². The van der Waals surface area contributed by atoms with Gasteiger partial charge in [0.25, 0.3) is 0 Å². The Kier molecular flexibility index (Phi) is 3.74. The van der Waals surface area contributed by atoms with E-state index in [1.165, 1.54) is 0 Å². The molecular weight excluding hydrogens is 216 g/mol. The van der Waals surface area contributed by atoms with E-state index in [9.17, 15) is 9.90 Å². The maximum atomic E-state index is 10.5. The van der Waals surface area contributed by atoms with Crippen LogP contribution in [0.5, 0.6) is 0 Å². The highest BCUT2D eigenvalue weighted by atomic mass is 16.3. The molecule has 0 amide bonds. The molecule has 0 radical (unpaired) electrons. The molecule has 1 aliphatic carbocycles. The lowest BCUT2D eigenvalue weighted by Crippen LogP contribution is -2.43. The van der Waals surface area contributed by atoms with Crippen molar-refractivity contribution in [1.29, 1.82) is 0 Å². The molecule has 1 N–H and O–H groups in total. The predicted molar refractivity (Wildman–Crippen MR) is 66.3 cm³/mol. The van der Waals surface area contributed by atoms with Crippen LogP contribution in [0.1, 0.15) is 36.0 Å². The van der Waals surface area contributed by atoms with Crippen molar-refractivity contribution in [2.75, 3.05) is 11.9 Å². The predicted octanol–water partition coefficient (Wildman–Crippen LogP) is 1.63. The average Bonchev–Trinajstić information content (AvgIpc) is 2.39. The van der Waals surface area contributed by atoms with Crippen molar-refractivity contribution < 1.29 is 9.90 Å². The van der Waals surface area contributed by atoms with E-state index >= 15 is 0 Å². The maximum Gasteiger partial charge on any atom is 0.151 e. The lowest BCUT2D eigenvalue weighted by Gasteiger charge is -2.35. The normalized spacial score (nSPS) is 24.4. The highest BCUT2D eigenvalue weighted by Crippen LogP contribution is 2.25. The van der Waals surface area contributed by atoms with Crippen molar-refractivity contribution in [2.45, 2.75) is 37.8 Å². The molecular formula is C13H18N2O2. The van der Waals surface area contributed by atoms with Gasteiger partial charge in [0, 0.05) is 18.8 Å². The smallest absolute Gasteiger partial charge is 0.151 e. The third-order valence-electron chi connectivity index (χ3n) is 3.46. The SMILES string of the molecule is CN(c1ccc(C=O)cn1)C1CCCCC1O. The lowest BCUT2D eigenvalue weighted by molar-refractivity contribution is 0.106. The number of pyridine rings is 1. The Hall–Kier alpha value is -1.42. The summed E-state index contributed by atoms with van der Waals surface area (Å²) in [4.78, 5) is 16.8. The number of nitrogens with zero attached hydrogens (tertiary/aromatic N) is 2. The molecule has 2 unspecified atom stereocenters. The molecule has 17 heavy (non-hydrogen) atoms. The summed E-state index contributed by atoms with van der Waals surface area (Å²) < 4.78 is 0. The van der Waals surface area contributed by atoms with E-state index < -0.39 is 0 Å². The molecule has 2 atom stereocenters. The number of rotatable bonds is 3. The number of hydrogen-bond donors (Lipinski definition) is 1. The number of anilines is 1. The van der Waals surface area contributed by atoms with E-state index in [-0.39, 0.29) is 12.1 Å². The van der Waals surface area contributed by atoms with Gasteiger partial charge in [-0.1, -0.05) is 12.8 Å². The van der Waals surface area contributed by atoms with E-state index in [1.807, 2.05) is 18.0 Å². The fourth-order valence-corrected chi connectivity index (χ4v) is 2.39. The van der Waals surface area contributed by atoms with Crippen LogP contribution in [0.3, 0.4) is 0 Å². The number of aromatic nitrogens is 1. The van der Waals surface area contributed by atoms with Crippen LogP contribution in [0.25, 0.3) is 0 Å². The summed E-state index contributed by atoms with van der Waals surface area (Å²) in [6.45, 7) is 0. The molecule has 1 aromatic heterocycles. The van der Waals surface area contributed by atoms with E-state index in [0.717, 1.165) is 37.8 Å². The molecule has 0 bridgehead atoms. The fraction of sp³-hybridized carbons (Fsp3) is 0.538. The molecule has 1 saturated carbocycles. The van der Waals surface area contributed by atoms with Gasteiger partial charge in [0.15, 0.2) is 6.29 Å². The molecule has 4 nitrogen and oxygen atoms in total. The fourth-order valence-electron chi connectivity index (χ4n) is 2.39. The third-order valence-corrected chi connectivity index (χ3v) is 3.46. The van der Waals surface area contributed by atoms with Gasteiger partial charge in [-0.05, 0) is 25.0 Å². The summed E-state index contributed by atoms with van der Waals surface area (Å²) in [6.07, 6.45) is 6.18. The van der Waals surface area contributed by atoms with Crippen LogP contribution in [0.2, 0.25) is 0 Å². The van der Waals surface area contributed by atoms with Gasteiger partial charge in [0.1, 0.15) is 5.82 Å². The Balaban J connectivity index is 2.11. The minimum absolute atomic E-state index is 0.137. The van der Waals surface area contributed by atoms with Gasteiger partial charge in [0.2, 0.25) is 0 Å². The van der Waals surface area contributed by atoms with Gasteiger partial charge in [-0.3, -0.25) is 4.79 Å². The van der Waals surface area contributed by atoms with E-state index in [4.69, 9.17) is 0 Å². The van der Waals surface area contributed by atoms with Crippen LogP contribution >= 0.6 is 0 Å². The van der Waals surface area contributed by atoms with Crippen molar-refractivity contribution in [3.63, 3.8) is 0 Å². The van der Waals surface area contributed by atoms with Crippen LogP contribution < -0.4 is 4.90 Å². The number of likely N-dealkylation sites (N-methyl/N-ethyl adjacent to an activating group) is 1. The summed E-state index contributed by atoms with van der Waals surface area (Å²) in [5.74, 6) is 0.807. The monoisotopic (exact) mass is 234 g/mol. The number of aliphatic hydroxyl groups is 1. The van der Waals surface area contributed by atoms with Gasteiger partial charge in [-0.15, -0.1) is 0 Å². The molecule has 4 heteroatoms. The highest BCUT2D eigenvalue weighted by Gasteiger charge is 2.27. The van der Waals surface area contributed by atoms with Crippen LogP contribution in [-0.2, 0) is 0 Å². The summed E-state index contributed by atoms with van der Waals surface area (Å²) in [6, 6.07) is 3.71. The average molecular weight is 234 g/mol. The second kappa shape index (κ2) is 5.27. The molecule has 1 aromatic rings. The van der Waals surface area contributed by atoms with Crippen molar-refractivity contribution >= 4 is 12.1 Å². The van der Waals surface area contributed by atoms with Gasteiger partial charge >= 0.3 is 0 Å². The first-order valence-corrected chi connectivity index (χ1v) is 6.04. The zero-order valence-electron chi connectivity index (χ0n) is 10.0. The first-order chi connectivity index (χ1) is 8.22. The second-order valence-electron chi connectivity index (χ2n) is 4.60. The van der Waals surface area contributed by atoms with Gasteiger partial charge < -0.3 is 10.0 Å². The standard InChI is InChI=1S/C13H18N2O2/c1-15(11-4-2-3-5-12(11)17)13-7-6-10(9-16)8-14-13/h6-9,11-12,17H,2-5H2,1H3. The zero-order chi connectivity index (χ0) is 12.3. The quantitative estimate of drug-likeness (QED) is 0.808. The Morgan fingerprint density at radius 2 is 2.18 bits per heavy atom. The van der Waals surface area contributed by atoms with Crippen LogP contribution in [0, 0.1) is 0 Å². The van der Waals surface area contributed by atoms with Gasteiger partial charge in [-0.25, -0.2) is 4.98 Å². The van der Waals surface area contributed by atoms with Crippen LogP contribution in [0.15, 0.2) is 18.3 Å².